The lowest BCUT2D eigenvalue weighted by molar-refractivity contribution is -0.125. The molecule has 0 spiro atoms. The molecule has 1 atom stereocenters. The van der Waals surface area contributed by atoms with E-state index in [1.807, 2.05) is 0 Å². The molecule has 13 heavy (non-hydrogen) atoms. The fourth-order valence-electron chi connectivity index (χ4n) is 0.803. The molecular weight excluding hydrogens is 168 g/mol. The Hall–Kier alpha value is -0.610. The molecule has 0 aromatic rings. The van der Waals surface area contributed by atoms with Crippen LogP contribution in [0.15, 0.2) is 0 Å². The molecule has 0 rings (SSSR count). The predicted molar refractivity (Wildman–Crippen MR) is 52.1 cm³/mol. The molecule has 1 amide bonds. The number of primary amides is 1. The maximum absolute atomic E-state index is 10.4. The first-order valence-corrected chi connectivity index (χ1v) is 4.51. The van der Waals surface area contributed by atoms with E-state index in [1.165, 1.54) is 0 Å². The van der Waals surface area contributed by atoms with Crippen LogP contribution in [0.4, 0.5) is 0 Å². The Labute approximate surface area is 79.5 Å². The third-order valence-corrected chi connectivity index (χ3v) is 1.72. The van der Waals surface area contributed by atoms with Crippen LogP contribution >= 0.6 is 0 Å². The van der Waals surface area contributed by atoms with E-state index in [-0.39, 0.29) is 12.0 Å². The summed E-state index contributed by atoms with van der Waals surface area (Å²) in [6.45, 7) is 7.44. The lowest BCUT2D eigenvalue weighted by Crippen LogP contribution is -2.38. The fourth-order valence-corrected chi connectivity index (χ4v) is 0.803. The minimum atomic E-state index is -1.07. The first-order chi connectivity index (χ1) is 5.83. The minimum absolute atomic E-state index is 0.241. The average molecular weight is 188 g/mol. The van der Waals surface area contributed by atoms with Gasteiger partial charge in [0.2, 0.25) is 5.91 Å². The molecule has 0 fully saturated rings. The van der Waals surface area contributed by atoms with Crippen LogP contribution in [0.1, 0.15) is 27.2 Å². The Morgan fingerprint density at radius 3 is 2.46 bits per heavy atom. The van der Waals surface area contributed by atoms with Crippen LogP contribution in [0.3, 0.4) is 0 Å². The number of hydrogen-bond acceptors (Lipinski definition) is 3. The summed E-state index contributed by atoms with van der Waals surface area (Å²) in [5.74, 6) is -0.678. The summed E-state index contributed by atoms with van der Waals surface area (Å²) in [4.78, 5) is 10.4. The lowest BCUT2D eigenvalue weighted by Gasteiger charge is -2.18. The zero-order valence-corrected chi connectivity index (χ0v) is 8.63. The molecule has 0 aliphatic rings. The van der Waals surface area contributed by atoms with Crippen LogP contribution in [0.5, 0.6) is 0 Å². The van der Waals surface area contributed by atoms with Crippen LogP contribution in [-0.2, 0) is 4.79 Å². The number of aliphatic hydroxyl groups excluding tert-OH is 1. The molecule has 0 heterocycles. The lowest BCUT2D eigenvalue weighted by atomic mass is 9.92. The molecule has 4 heteroatoms. The van der Waals surface area contributed by atoms with Crippen LogP contribution in [0, 0.1) is 5.41 Å². The molecule has 0 aromatic heterocycles. The molecule has 0 aliphatic heterocycles. The van der Waals surface area contributed by atoms with Gasteiger partial charge in [0.15, 0.2) is 0 Å². The summed E-state index contributed by atoms with van der Waals surface area (Å²) < 4.78 is 0. The molecule has 0 aromatic carbocycles. The Kier molecular flexibility index (Phi) is 4.95. The smallest absolute Gasteiger partial charge is 0.247 e. The SMILES string of the molecule is CC(C)(C)CCNCC(O)C(N)=O. The Morgan fingerprint density at radius 1 is 1.54 bits per heavy atom. The summed E-state index contributed by atoms with van der Waals surface area (Å²) in [5, 5.41) is 12.0. The number of carbonyl (C=O) groups is 1. The maximum Gasteiger partial charge on any atom is 0.247 e. The summed E-state index contributed by atoms with van der Waals surface area (Å²) in [5.41, 5.74) is 5.14. The van der Waals surface area contributed by atoms with Crippen molar-refractivity contribution in [2.45, 2.75) is 33.3 Å². The molecule has 0 bridgehead atoms. The molecule has 0 saturated heterocycles. The van der Waals surface area contributed by atoms with Gasteiger partial charge in [0.25, 0.3) is 0 Å². The largest absolute Gasteiger partial charge is 0.382 e. The zero-order valence-electron chi connectivity index (χ0n) is 8.63. The maximum atomic E-state index is 10.4. The van der Waals surface area contributed by atoms with Gasteiger partial charge in [0, 0.05) is 6.54 Å². The second-order valence-corrected chi connectivity index (χ2v) is 4.43. The number of nitrogens with one attached hydrogen (secondary N) is 1. The van der Waals surface area contributed by atoms with E-state index in [0.717, 1.165) is 13.0 Å². The van der Waals surface area contributed by atoms with E-state index in [9.17, 15) is 4.79 Å². The van der Waals surface area contributed by atoms with E-state index < -0.39 is 12.0 Å². The quantitative estimate of drug-likeness (QED) is 0.526. The number of nitrogens with two attached hydrogens (primary N) is 1. The van der Waals surface area contributed by atoms with Crippen LogP contribution in [0.25, 0.3) is 0 Å². The van der Waals surface area contributed by atoms with E-state index >= 15 is 0 Å². The number of carbonyl (C=O) groups excluding carboxylic acids is 1. The van der Waals surface area contributed by atoms with Gasteiger partial charge in [-0.05, 0) is 18.4 Å². The van der Waals surface area contributed by atoms with Gasteiger partial charge >= 0.3 is 0 Å². The minimum Gasteiger partial charge on any atom is -0.382 e. The van der Waals surface area contributed by atoms with Gasteiger partial charge in [0.05, 0.1) is 0 Å². The topological polar surface area (TPSA) is 75.3 Å². The van der Waals surface area contributed by atoms with Gasteiger partial charge in [-0.1, -0.05) is 20.8 Å². The number of hydrogen-bond donors (Lipinski definition) is 3. The van der Waals surface area contributed by atoms with E-state index in [0.29, 0.717) is 0 Å². The van der Waals surface area contributed by atoms with Crippen molar-refractivity contribution in [3.05, 3.63) is 0 Å². The Morgan fingerprint density at radius 2 is 2.08 bits per heavy atom. The van der Waals surface area contributed by atoms with E-state index in [2.05, 4.69) is 26.1 Å². The van der Waals surface area contributed by atoms with Crippen molar-refractivity contribution in [3.63, 3.8) is 0 Å². The highest BCUT2D eigenvalue weighted by atomic mass is 16.3. The van der Waals surface area contributed by atoms with E-state index in [1.54, 1.807) is 0 Å². The van der Waals surface area contributed by atoms with Crippen molar-refractivity contribution in [3.8, 4) is 0 Å². The van der Waals surface area contributed by atoms with E-state index in [4.69, 9.17) is 10.8 Å². The van der Waals surface area contributed by atoms with Crippen LogP contribution in [-0.4, -0.2) is 30.2 Å². The summed E-state index contributed by atoms with van der Waals surface area (Å²) in [6, 6.07) is 0. The van der Waals surface area contributed by atoms with Crippen molar-refractivity contribution in [2.24, 2.45) is 11.1 Å². The Bertz CT molecular complexity index is 163. The molecule has 4 N–H and O–H groups in total. The highest BCUT2D eigenvalue weighted by Gasteiger charge is 2.12. The van der Waals surface area contributed by atoms with Crippen LogP contribution < -0.4 is 11.1 Å². The van der Waals surface area contributed by atoms with Gasteiger partial charge < -0.3 is 16.2 Å². The molecule has 0 radical (unpaired) electrons. The molecule has 0 saturated carbocycles. The zero-order chi connectivity index (χ0) is 10.5. The van der Waals surface area contributed by atoms with Crippen molar-refractivity contribution in [1.29, 1.82) is 0 Å². The summed E-state index contributed by atoms with van der Waals surface area (Å²) >= 11 is 0. The molecule has 4 nitrogen and oxygen atoms in total. The Balaban J connectivity index is 3.41. The summed E-state index contributed by atoms with van der Waals surface area (Å²) in [7, 11) is 0. The van der Waals surface area contributed by atoms with Crippen molar-refractivity contribution >= 4 is 5.91 Å². The number of amides is 1. The molecule has 78 valence electrons. The van der Waals surface area contributed by atoms with Gasteiger partial charge in [-0.25, -0.2) is 0 Å². The van der Waals surface area contributed by atoms with Gasteiger partial charge in [-0.15, -0.1) is 0 Å². The average Bonchev–Trinajstić information content (AvgIpc) is 1.95. The van der Waals surface area contributed by atoms with Crippen molar-refractivity contribution in [1.82, 2.24) is 5.32 Å². The van der Waals surface area contributed by atoms with Gasteiger partial charge in [0.1, 0.15) is 6.10 Å². The molecule has 0 aliphatic carbocycles. The normalized spacial score (nSPS) is 14.2. The first-order valence-electron chi connectivity index (χ1n) is 4.51. The fraction of sp³-hybridized carbons (Fsp3) is 0.889. The van der Waals surface area contributed by atoms with Gasteiger partial charge in [-0.3, -0.25) is 4.79 Å². The molecule has 1 unspecified atom stereocenters. The number of rotatable bonds is 5. The second kappa shape index (κ2) is 5.19. The highest BCUT2D eigenvalue weighted by molar-refractivity contribution is 5.78. The van der Waals surface area contributed by atoms with Crippen molar-refractivity contribution in [2.75, 3.05) is 13.1 Å². The predicted octanol–water partition coefficient (Wildman–Crippen LogP) is -0.142. The number of aliphatic hydroxyl groups is 1. The van der Waals surface area contributed by atoms with Crippen LogP contribution in [0.2, 0.25) is 0 Å². The monoisotopic (exact) mass is 188 g/mol. The van der Waals surface area contributed by atoms with Crippen molar-refractivity contribution < 1.29 is 9.90 Å². The summed E-state index contributed by atoms with van der Waals surface area (Å²) in [6.07, 6.45) is -0.0710. The second-order valence-electron chi connectivity index (χ2n) is 4.43. The first kappa shape index (κ1) is 12.4. The third kappa shape index (κ3) is 7.74. The van der Waals surface area contributed by atoms with Gasteiger partial charge in [-0.2, -0.15) is 0 Å². The third-order valence-electron chi connectivity index (χ3n) is 1.72. The standard InChI is InChI=1S/C9H20N2O2/c1-9(2,3)4-5-11-6-7(12)8(10)13/h7,11-12H,4-6H2,1-3H3,(H2,10,13). The highest BCUT2D eigenvalue weighted by Crippen LogP contribution is 2.16. The molecular formula is C9H20N2O2.